The molecule has 0 unspecified atom stereocenters. The fourth-order valence-corrected chi connectivity index (χ4v) is 4.58. The molecule has 0 N–H and O–H groups in total. The van der Waals surface area contributed by atoms with Crippen molar-refractivity contribution in [2.24, 2.45) is 5.41 Å². The third-order valence-electron chi connectivity index (χ3n) is 6.09. The average molecular weight is 377 g/mol. The summed E-state index contributed by atoms with van der Waals surface area (Å²) < 4.78 is 0. The van der Waals surface area contributed by atoms with Crippen LogP contribution in [0, 0.1) is 12.3 Å². The van der Waals surface area contributed by atoms with Crippen LogP contribution in [0.3, 0.4) is 0 Å². The van der Waals surface area contributed by atoms with Crippen LogP contribution >= 0.6 is 0 Å². The monoisotopic (exact) mass is 377 g/mol. The fourth-order valence-electron chi connectivity index (χ4n) is 4.58. The Labute approximate surface area is 166 Å². The zero-order valence-electron chi connectivity index (χ0n) is 16.4. The molecule has 5 nitrogen and oxygen atoms in total. The van der Waals surface area contributed by atoms with Gasteiger partial charge in [0.2, 0.25) is 11.8 Å². The van der Waals surface area contributed by atoms with Gasteiger partial charge in [0.15, 0.2) is 0 Å². The van der Waals surface area contributed by atoms with Gasteiger partial charge in [0.1, 0.15) is 0 Å². The molecular formula is C23H27N3O2. The van der Waals surface area contributed by atoms with Crippen molar-refractivity contribution in [2.45, 2.75) is 39.2 Å². The second-order valence-electron chi connectivity index (χ2n) is 8.20. The van der Waals surface area contributed by atoms with E-state index < -0.39 is 5.41 Å². The average Bonchev–Trinajstić information content (AvgIpc) is 3.12. The quantitative estimate of drug-likeness (QED) is 0.823. The van der Waals surface area contributed by atoms with Gasteiger partial charge in [-0.05, 0) is 49.4 Å². The first-order chi connectivity index (χ1) is 13.6. The van der Waals surface area contributed by atoms with Gasteiger partial charge in [0.05, 0.1) is 11.8 Å². The Bertz CT molecular complexity index is 867. The molecule has 0 radical (unpaired) electrons. The largest absolute Gasteiger partial charge is 0.341 e. The lowest BCUT2D eigenvalue weighted by molar-refractivity contribution is -0.146. The lowest BCUT2D eigenvalue weighted by atomic mass is 9.78. The number of pyridine rings is 1. The first kappa shape index (κ1) is 18.7. The topological polar surface area (TPSA) is 53.5 Å². The van der Waals surface area contributed by atoms with Crippen LogP contribution in [0.1, 0.15) is 36.0 Å². The van der Waals surface area contributed by atoms with Gasteiger partial charge in [-0.2, -0.15) is 0 Å². The smallest absolute Gasteiger partial charge is 0.230 e. The molecule has 2 amide bonds. The zero-order chi connectivity index (χ0) is 19.6. The lowest BCUT2D eigenvalue weighted by Gasteiger charge is -2.39. The minimum absolute atomic E-state index is 0.103. The number of rotatable bonds is 4. The molecule has 0 aliphatic carbocycles. The van der Waals surface area contributed by atoms with Crippen LogP contribution < -0.4 is 0 Å². The maximum absolute atomic E-state index is 13.3. The van der Waals surface area contributed by atoms with Crippen LogP contribution in [0.4, 0.5) is 0 Å². The van der Waals surface area contributed by atoms with Crippen LogP contribution in [-0.4, -0.2) is 46.2 Å². The minimum Gasteiger partial charge on any atom is -0.341 e. The van der Waals surface area contributed by atoms with Gasteiger partial charge in [-0.25, -0.2) is 0 Å². The molecule has 0 bridgehead atoms. The standard InChI is InChI=1S/C23H27N3O2/c1-18-4-2-5-20(14-18)16-25-12-3-8-23(22(25)28)9-13-26(17-23)21(27)15-19-6-10-24-11-7-19/h2,4-7,10-11,14H,3,8-9,12-13,15-17H2,1H3/t23-/m0/s1. The van der Waals surface area contributed by atoms with E-state index in [1.807, 2.05) is 28.0 Å². The van der Waals surface area contributed by atoms with Crippen molar-refractivity contribution >= 4 is 11.8 Å². The van der Waals surface area contributed by atoms with Crippen molar-refractivity contribution in [1.29, 1.82) is 0 Å². The van der Waals surface area contributed by atoms with E-state index in [2.05, 4.69) is 30.1 Å². The summed E-state index contributed by atoms with van der Waals surface area (Å²) >= 11 is 0. The van der Waals surface area contributed by atoms with E-state index in [0.29, 0.717) is 26.1 Å². The van der Waals surface area contributed by atoms with E-state index in [1.54, 1.807) is 12.4 Å². The summed E-state index contributed by atoms with van der Waals surface area (Å²) in [6, 6.07) is 12.1. The molecule has 146 valence electrons. The van der Waals surface area contributed by atoms with E-state index in [1.165, 1.54) is 11.1 Å². The number of likely N-dealkylation sites (tertiary alicyclic amines) is 2. The Kier molecular flexibility index (Phi) is 5.16. The maximum atomic E-state index is 13.3. The highest BCUT2D eigenvalue weighted by molar-refractivity contribution is 5.86. The molecule has 4 rings (SSSR count). The molecule has 5 heteroatoms. The third-order valence-corrected chi connectivity index (χ3v) is 6.09. The molecule has 3 heterocycles. The van der Waals surface area contributed by atoms with Crippen LogP contribution in [-0.2, 0) is 22.6 Å². The number of nitrogens with zero attached hydrogens (tertiary/aromatic N) is 3. The molecule has 0 saturated carbocycles. The van der Waals surface area contributed by atoms with Gasteiger partial charge >= 0.3 is 0 Å². The number of benzene rings is 1. The number of piperidine rings is 1. The second-order valence-corrected chi connectivity index (χ2v) is 8.20. The Morgan fingerprint density at radius 2 is 1.93 bits per heavy atom. The molecule has 1 aromatic carbocycles. The summed E-state index contributed by atoms with van der Waals surface area (Å²) in [5, 5.41) is 0. The molecule has 28 heavy (non-hydrogen) atoms. The van der Waals surface area contributed by atoms with E-state index in [4.69, 9.17) is 0 Å². The summed E-state index contributed by atoms with van der Waals surface area (Å²) in [6.45, 7) is 4.77. The van der Waals surface area contributed by atoms with E-state index in [9.17, 15) is 9.59 Å². The Hall–Kier alpha value is -2.69. The fraction of sp³-hybridized carbons (Fsp3) is 0.435. The summed E-state index contributed by atoms with van der Waals surface area (Å²) in [5.41, 5.74) is 2.96. The van der Waals surface area contributed by atoms with Crippen LogP contribution in [0.2, 0.25) is 0 Å². The van der Waals surface area contributed by atoms with Crippen molar-refractivity contribution in [3.63, 3.8) is 0 Å². The summed E-state index contributed by atoms with van der Waals surface area (Å²) in [5.74, 6) is 0.325. The first-order valence-corrected chi connectivity index (χ1v) is 10.1. The number of aryl methyl sites for hydroxylation is 1. The highest BCUT2D eigenvalue weighted by Gasteiger charge is 2.49. The second kappa shape index (κ2) is 7.74. The molecule has 1 spiro atoms. The lowest BCUT2D eigenvalue weighted by Crippen LogP contribution is -2.50. The van der Waals surface area contributed by atoms with Gasteiger partial charge in [-0.15, -0.1) is 0 Å². The molecular weight excluding hydrogens is 350 g/mol. The highest BCUT2D eigenvalue weighted by atomic mass is 16.2. The zero-order valence-corrected chi connectivity index (χ0v) is 16.4. The van der Waals surface area contributed by atoms with Crippen LogP contribution in [0.15, 0.2) is 48.8 Å². The summed E-state index contributed by atoms with van der Waals surface area (Å²) in [6.07, 6.45) is 6.46. The number of carbonyl (C=O) groups is 2. The Morgan fingerprint density at radius 1 is 1.11 bits per heavy atom. The normalized spacial score (nSPS) is 22.1. The number of carbonyl (C=O) groups excluding carboxylic acids is 2. The van der Waals surface area contributed by atoms with Gasteiger partial charge in [-0.1, -0.05) is 29.8 Å². The third kappa shape index (κ3) is 3.79. The number of aromatic nitrogens is 1. The van der Waals surface area contributed by atoms with Crippen LogP contribution in [0.25, 0.3) is 0 Å². The van der Waals surface area contributed by atoms with Crippen molar-refractivity contribution in [2.75, 3.05) is 19.6 Å². The van der Waals surface area contributed by atoms with Gasteiger partial charge < -0.3 is 9.80 Å². The van der Waals surface area contributed by atoms with Gasteiger partial charge in [-0.3, -0.25) is 14.6 Å². The Morgan fingerprint density at radius 3 is 2.71 bits per heavy atom. The van der Waals surface area contributed by atoms with E-state index >= 15 is 0 Å². The highest BCUT2D eigenvalue weighted by Crippen LogP contribution is 2.40. The van der Waals surface area contributed by atoms with Crippen molar-refractivity contribution in [3.8, 4) is 0 Å². The SMILES string of the molecule is Cc1cccc(CN2CCC[C@@]3(CCN(C(=O)Cc4ccncc4)C3)C2=O)c1. The molecule has 2 saturated heterocycles. The van der Waals surface area contributed by atoms with Crippen molar-refractivity contribution in [1.82, 2.24) is 14.8 Å². The molecule has 2 aromatic rings. The molecule has 1 atom stereocenters. The Balaban J connectivity index is 1.43. The predicted molar refractivity (Wildman–Crippen MR) is 107 cm³/mol. The van der Waals surface area contributed by atoms with Crippen LogP contribution in [0.5, 0.6) is 0 Å². The van der Waals surface area contributed by atoms with Gasteiger partial charge in [0, 0.05) is 38.6 Å². The molecule has 2 aliphatic heterocycles. The van der Waals surface area contributed by atoms with Gasteiger partial charge in [0.25, 0.3) is 0 Å². The predicted octanol–water partition coefficient (Wildman–Crippen LogP) is 2.97. The first-order valence-electron chi connectivity index (χ1n) is 10.1. The molecule has 2 fully saturated rings. The maximum Gasteiger partial charge on any atom is 0.230 e. The van der Waals surface area contributed by atoms with E-state index in [0.717, 1.165) is 31.4 Å². The molecule has 2 aliphatic rings. The number of amides is 2. The van der Waals surface area contributed by atoms with Crippen molar-refractivity contribution < 1.29 is 9.59 Å². The van der Waals surface area contributed by atoms with Crippen molar-refractivity contribution in [3.05, 3.63) is 65.5 Å². The number of hydrogen-bond acceptors (Lipinski definition) is 3. The minimum atomic E-state index is -0.393. The summed E-state index contributed by atoms with van der Waals surface area (Å²) in [7, 11) is 0. The number of hydrogen-bond donors (Lipinski definition) is 0. The van der Waals surface area contributed by atoms with E-state index in [-0.39, 0.29) is 11.8 Å². The molecule has 1 aromatic heterocycles. The summed E-state index contributed by atoms with van der Waals surface area (Å²) in [4.78, 5) is 34.0.